The van der Waals surface area contributed by atoms with Gasteiger partial charge in [-0.05, 0) is 40.9 Å². The van der Waals surface area contributed by atoms with Crippen LogP contribution in [0.4, 0.5) is 5.82 Å². The second kappa shape index (κ2) is 4.49. The van der Waals surface area contributed by atoms with Crippen molar-refractivity contribution in [1.82, 2.24) is 4.98 Å². The van der Waals surface area contributed by atoms with E-state index in [4.69, 9.17) is 5.73 Å². The monoisotopic (exact) mass is 269 g/mol. The van der Waals surface area contributed by atoms with E-state index in [0.29, 0.717) is 6.54 Å². The number of nitrogens with one attached hydrogen (secondary N) is 1. The molecule has 0 atom stereocenters. The lowest BCUT2D eigenvalue weighted by atomic mass is 9.98. The highest BCUT2D eigenvalue weighted by atomic mass is 79.9. The number of nitrogens with zero attached hydrogens (tertiary/aromatic N) is 1. The lowest BCUT2D eigenvalue weighted by Crippen LogP contribution is -2.43. The van der Waals surface area contributed by atoms with Gasteiger partial charge in [-0.2, -0.15) is 0 Å². The minimum Gasteiger partial charge on any atom is -0.363 e. The molecule has 1 heterocycles. The van der Waals surface area contributed by atoms with E-state index in [1.807, 2.05) is 18.3 Å². The highest BCUT2D eigenvalue weighted by Gasteiger charge is 2.32. The summed E-state index contributed by atoms with van der Waals surface area (Å²) in [6, 6.07) is 3.98. The van der Waals surface area contributed by atoms with Gasteiger partial charge in [0.25, 0.3) is 0 Å². The van der Waals surface area contributed by atoms with E-state index in [9.17, 15) is 0 Å². The van der Waals surface area contributed by atoms with Crippen molar-refractivity contribution < 1.29 is 0 Å². The van der Waals surface area contributed by atoms with Gasteiger partial charge in [0, 0.05) is 17.2 Å². The van der Waals surface area contributed by atoms with E-state index in [-0.39, 0.29) is 5.54 Å². The number of aromatic nitrogens is 1. The highest BCUT2D eigenvalue weighted by Crippen LogP contribution is 2.31. The van der Waals surface area contributed by atoms with Crippen LogP contribution in [0, 0.1) is 0 Å². The van der Waals surface area contributed by atoms with Gasteiger partial charge in [-0.15, -0.1) is 0 Å². The van der Waals surface area contributed by atoms with E-state index in [1.165, 1.54) is 12.8 Å². The summed E-state index contributed by atoms with van der Waals surface area (Å²) < 4.78 is 1.00. The number of hydrogen-bond donors (Lipinski definition) is 2. The Bertz CT molecular complexity index is 317. The van der Waals surface area contributed by atoms with Crippen LogP contribution in [0.3, 0.4) is 0 Å². The van der Waals surface area contributed by atoms with Gasteiger partial charge in [-0.1, -0.05) is 12.8 Å². The van der Waals surface area contributed by atoms with E-state index in [0.717, 1.165) is 23.1 Å². The molecule has 3 N–H and O–H groups in total. The fourth-order valence-corrected chi connectivity index (χ4v) is 2.39. The Kier molecular flexibility index (Phi) is 3.26. The van der Waals surface area contributed by atoms with Crippen LogP contribution >= 0.6 is 15.9 Å². The van der Waals surface area contributed by atoms with Crippen molar-refractivity contribution in [3.63, 3.8) is 0 Å². The Balaban J connectivity index is 2.09. The Labute approximate surface area is 98.6 Å². The van der Waals surface area contributed by atoms with Gasteiger partial charge in [0.05, 0.1) is 5.54 Å². The maximum Gasteiger partial charge on any atom is 0.126 e. The predicted molar refractivity (Wildman–Crippen MR) is 65.8 cm³/mol. The molecular formula is C11H16BrN3. The molecule has 0 bridgehead atoms. The van der Waals surface area contributed by atoms with Crippen molar-refractivity contribution in [2.45, 2.75) is 31.2 Å². The maximum absolute atomic E-state index is 5.85. The number of rotatable bonds is 3. The molecule has 3 nitrogen and oxygen atoms in total. The van der Waals surface area contributed by atoms with Gasteiger partial charge in [0.2, 0.25) is 0 Å². The Hall–Kier alpha value is -0.610. The molecule has 0 aromatic carbocycles. The minimum atomic E-state index is 0.0842. The normalized spacial score (nSPS) is 19.1. The van der Waals surface area contributed by atoms with E-state index >= 15 is 0 Å². The SMILES string of the molecule is NCC1(Nc2ccc(Br)cn2)CCCC1. The molecule has 0 unspecified atom stereocenters. The third kappa shape index (κ3) is 2.49. The van der Waals surface area contributed by atoms with Crippen molar-refractivity contribution in [3.8, 4) is 0 Å². The zero-order valence-corrected chi connectivity index (χ0v) is 10.3. The van der Waals surface area contributed by atoms with Crippen molar-refractivity contribution >= 4 is 21.7 Å². The molecule has 4 heteroatoms. The van der Waals surface area contributed by atoms with Crippen LogP contribution in [0.2, 0.25) is 0 Å². The predicted octanol–water partition coefficient (Wildman–Crippen LogP) is 2.53. The molecule has 1 aromatic rings. The summed E-state index contributed by atoms with van der Waals surface area (Å²) in [6.07, 6.45) is 6.64. The topological polar surface area (TPSA) is 50.9 Å². The Morgan fingerprint density at radius 1 is 1.40 bits per heavy atom. The van der Waals surface area contributed by atoms with Gasteiger partial charge in [-0.3, -0.25) is 0 Å². The van der Waals surface area contributed by atoms with Crippen LogP contribution in [-0.4, -0.2) is 17.1 Å². The number of anilines is 1. The first-order valence-corrected chi connectivity index (χ1v) is 6.13. The second-order valence-corrected chi connectivity index (χ2v) is 5.09. The van der Waals surface area contributed by atoms with Gasteiger partial charge in [-0.25, -0.2) is 4.98 Å². The molecule has 2 rings (SSSR count). The summed E-state index contributed by atoms with van der Waals surface area (Å²) in [5, 5.41) is 3.47. The fraction of sp³-hybridized carbons (Fsp3) is 0.545. The lowest BCUT2D eigenvalue weighted by Gasteiger charge is -2.29. The number of nitrogens with two attached hydrogens (primary N) is 1. The molecule has 82 valence electrons. The fourth-order valence-electron chi connectivity index (χ4n) is 2.15. The van der Waals surface area contributed by atoms with Gasteiger partial charge >= 0.3 is 0 Å². The van der Waals surface area contributed by atoms with Gasteiger partial charge < -0.3 is 11.1 Å². The number of pyridine rings is 1. The lowest BCUT2D eigenvalue weighted by molar-refractivity contribution is 0.491. The van der Waals surface area contributed by atoms with E-state index in [2.05, 4.69) is 26.2 Å². The molecule has 0 saturated heterocycles. The first kappa shape index (κ1) is 10.9. The number of hydrogen-bond acceptors (Lipinski definition) is 3. The molecule has 0 radical (unpaired) electrons. The zero-order valence-electron chi connectivity index (χ0n) is 8.67. The second-order valence-electron chi connectivity index (χ2n) is 4.18. The average molecular weight is 270 g/mol. The summed E-state index contributed by atoms with van der Waals surface area (Å²) in [6.45, 7) is 0.685. The van der Waals surface area contributed by atoms with Crippen LogP contribution in [0.1, 0.15) is 25.7 Å². The van der Waals surface area contributed by atoms with Gasteiger partial charge in [0.1, 0.15) is 5.82 Å². The smallest absolute Gasteiger partial charge is 0.126 e. The molecule has 1 fully saturated rings. The summed E-state index contributed by atoms with van der Waals surface area (Å²) in [7, 11) is 0. The first-order valence-electron chi connectivity index (χ1n) is 5.34. The third-order valence-electron chi connectivity index (χ3n) is 3.07. The molecule has 0 aliphatic heterocycles. The Morgan fingerprint density at radius 3 is 2.67 bits per heavy atom. The molecule has 0 amide bonds. The van der Waals surface area contributed by atoms with Crippen LogP contribution in [0.25, 0.3) is 0 Å². The van der Waals surface area contributed by atoms with Crippen molar-refractivity contribution in [1.29, 1.82) is 0 Å². The van der Waals surface area contributed by atoms with Crippen molar-refractivity contribution in [2.75, 3.05) is 11.9 Å². The van der Waals surface area contributed by atoms with Crippen LogP contribution in [0.15, 0.2) is 22.8 Å². The zero-order chi connectivity index (χ0) is 10.7. The van der Waals surface area contributed by atoms with Crippen molar-refractivity contribution in [2.24, 2.45) is 5.73 Å². The molecule has 1 aromatic heterocycles. The standard InChI is InChI=1S/C11H16BrN3/c12-9-3-4-10(14-7-9)15-11(8-13)5-1-2-6-11/h3-4,7H,1-2,5-6,8,13H2,(H,14,15). The van der Waals surface area contributed by atoms with Crippen LogP contribution < -0.4 is 11.1 Å². The molecule has 1 aliphatic rings. The highest BCUT2D eigenvalue weighted by molar-refractivity contribution is 9.10. The summed E-state index contributed by atoms with van der Waals surface area (Å²) >= 11 is 3.37. The minimum absolute atomic E-state index is 0.0842. The maximum atomic E-state index is 5.85. The quantitative estimate of drug-likeness (QED) is 0.887. The first-order chi connectivity index (χ1) is 7.24. The molecule has 1 saturated carbocycles. The van der Waals surface area contributed by atoms with E-state index in [1.54, 1.807) is 0 Å². The van der Waals surface area contributed by atoms with Crippen LogP contribution in [-0.2, 0) is 0 Å². The summed E-state index contributed by atoms with van der Waals surface area (Å²) in [5.74, 6) is 0.922. The van der Waals surface area contributed by atoms with Crippen LogP contribution in [0.5, 0.6) is 0 Å². The number of halogens is 1. The third-order valence-corrected chi connectivity index (χ3v) is 3.54. The molecule has 0 spiro atoms. The summed E-state index contributed by atoms with van der Waals surface area (Å²) in [4.78, 5) is 4.32. The molecule has 1 aliphatic carbocycles. The average Bonchev–Trinajstić information content (AvgIpc) is 2.71. The molecular weight excluding hydrogens is 254 g/mol. The van der Waals surface area contributed by atoms with Gasteiger partial charge in [0.15, 0.2) is 0 Å². The Morgan fingerprint density at radius 2 is 2.13 bits per heavy atom. The largest absolute Gasteiger partial charge is 0.363 e. The summed E-state index contributed by atoms with van der Waals surface area (Å²) in [5.41, 5.74) is 5.93. The molecule has 15 heavy (non-hydrogen) atoms. The van der Waals surface area contributed by atoms with E-state index < -0.39 is 0 Å². The van der Waals surface area contributed by atoms with Crippen molar-refractivity contribution in [3.05, 3.63) is 22.8 Å².